The van der Waals surface area contributed by atoms with Gasteiger partial charge in [-0.3, -0.25) is 0 Å². The summed E-state index contributed by atoms with van der Waals surface area (Å²) < 4.78 is 1.90. The van der Waals surface area contributed by atoms with E-state index < -0.39 is 0 Å². The minimum absolute atomic E-state index is 0.0780. The lowest BCUT2D eigenvalue weighted by molar-refractivity contribution is 0.497. The Bertz CT molecular complexity index is 855. The molecule has 1 aliphatic rings. The first-order chi connectivity index (χ1) is 12.0. The summed E-state index contributed by atoms with van der Waals surface area (Å²) in [5.41, 5.74) is 2.19. The molecule has 3 aromatic rings. The molecule has 130 valence electrons. The molecule has 1 fully saturated rings. The average Bonchev–Trinajstić information content (AvgIpc) is 3.06. The van der Waals surface area contributed by atoms with Crippen LogP contribution in [-0.4, -0.2) is 32.9 Å². The summed E-state index contributed by atoms with van der Waals surface area (Å²) in [7, 11) is 0. The van der Waals surface area contributed by atoms with Crippen LogP contribution in [0.25, 0.3) is 5.65 Å². The Kier molecular flexibility index (Phi) is 3.94. The van der Waals surface area contributed by atoms with Crippen molar-refractivity contribution < 1.29 is 0 Å². The summed E-state index contributed by atoms with van der Waals surface area (Å²) in [4.78, 5) is 2.38. The van der Waals surface area contributed by atoms with Gasteiger partial charge in [-0.15, -0.1) is 15.3 Å². The summed E-state index contributed by atoms with van der Waals surface area (Å²) in [6.07, 6.45) is 2.33. The number of benzene rings is 1. The summed E-state index contributed by atoms with van der Waals surface area (Å²) >= 11 is 0. The van der Waals surface area contributed by atoms with Crippen molar-refractivity contribution in [1.82, 2.24) is 19.8 Å². The molecule has 0 saturated carbocycles. The molecule has 1 saturated heterocycles. The first kappa shape index (κ1) is 16.1. The molecule has 3 heterocycles. The Hall–Kier alpha value is -2.43. The van der Waals surface area contributed by atoms with Crippen LogP contribution in [0.2, 0.25) is 0 Å². The van der Waals surface area contributed by atoms with Gasteiger partial charge in [0.25, 0.3) is 0 Å². The topological polar surface area (TPSA) is 46.3 Å². The lowest BCUT2D eigenvalue weighted by atomic mass is 9.89. The third-order valence-electron chi connectivity index (χ3n) is 5.01. The quantitative estimate of drug-likeness (QED) is 0.714. The Morgan fingerprint density at radius 3 is 2.32 bits per heavy atom. The van der Waals surface area contributed by atoms with Crippen molar-refractivity contribution in [2.45, 2.75) is 44.9 Å². The Morgan fingerprint density at radius 1 is 0.920 bits per heavy atom. The van der Waals surface area contributed by atoms with Crippen molar-refractivity contribution in [1.29, 1.82) is 0 Å². The summed E-state index contributed by atoms with van der Waals surface area (Å²) in [5, 5.41) is 13.4. The molecule has 0 unspecified atom stereocenters. The standard InChI is InChI=1S/C20H25N5/c1-20(2,3)19-22-21-17-9-10-18(23-25(17)19)24-13-11-16(12-14-24)15-7-5-4-6-8-15/h4-10,16H,11-14H2,1-3H3. The van der Waals surface area contributed by atoms with Gasteiger partial charge in [-0.05, 0) is 36.5 Å². The first-order valence-corrected chi connectivity index (χ1v) is 9.05. The molecule has 4 rings (SSSR count). The molecule has 1 aromatic carbocycles. The maximum Gasteiger partial charge on any atom is 0.178 e. The minimum atomic E-state index is -0.0780. The number of hydrogen-bond donors (Lipinski definition) is 0. The second-order valence-corrected chi connectivity index (χ2v) is 7.91. The van der Waals surface area contributed by atoms with E-state index in [9.17, 15) is 0 Å². The molecule has 0 atom stereocenters. The SMILES string of the molecule is CC(C)(C)c1nnc2ccc(N3CCC(c4ccccc4)CC3)nn12. The normalized spacial score (nSPS) is 16.5. The van der Waals surface area contributed by atoms with Crippen LogP contribution in [0.4, 0.5) is 5.82 Å². The fourth-order valence-electron chi connectivity index (χ4n) is 3.58. The maximum atomic E-state index is 4.84. The second-order valence-electron chi connectivity index (χ2n) is 7.91. The van der Waals surface area contributed by atoms with Crippen LogP contribution >= 0.6 is 0 Å². The zero-order chi connectivity index (χ0) is 17.4. The van der Waals surface area contributed by atoms with Crippen molar-refractivity contribution in [3.63, 3.8) is 0 Å². The van der Waals surface area contributed by atoms with Crippen LogP contribution in [0.5, 0.6) is 0 Å². The van der Waals surface area contributed by atoms with Gasteiger partial charge in [0.2, 0.25) is 0 Å². The van der Waals surface area contributed by atoms with Gasteiger partial charge in [0, 0.05) is 18.5 Å². The fraction of sp³-hybridized carbons (Fsp3) is 0.450. The predicted octanol–water partition coefficient (Wildman–Crippen LogP) is 3.81. The lowest BCUT2D eigenvalue weighted by Crippen LogP contribution is -2.34. The molecule has 0 bridgehead atoms. The van der Waals surface area contributed by atoms with Crippen molar-refractivity contribution >= 4 is 11.5 Å². The summed E-state index contributed by atoms with van der Waals surface area (Å²) in [6, 6.07) is 14.9. The summed E-state index contributed by atoms with van der Waals surface area (Å²) in [5.74, 6) is 2.58. The number of hydrogen-bond acceptors (Lipinski definition) is 4. The number of rotatable bonds is 2. The number of anilines is 1. The van der Waals surface area contributed by atoms with E-state index in [0.29, 0.717) is 5.92 Å². The molecular formula is C20H25N5. The van der Waals surface area contributed by atoms with Gasteiger partial charge in [0.05, 0.1) is 0 Å². The number of nitrogens with zero attached hydrogens (tertiary/aromatic N) is 5. The second kappa shape index (κ2) is 6.14. The van der Waals surface area contributed by atoms with E-state index in [-0.39, 0.29) is 5.41 Å². The van der Waals surface area contributed by atoms with Gasteiger partial charge in [0.15, 0.2) is 11.5 Å². The van der Waals surface area contributed by atoms with E-state index in [0.717, 1.165) is 43.2 Å². The van der Waals surface area contributed by atoms with Crippen LogP contribution in [0.3, 0.4) is 0 Å². The highest BCUT2D eigenvalue weighted by atomic mass is 15.4. The average molecular weight is 335 g/mol. The van der Waals surface area contributed by atoms with E-state index in [1.165, 1.54) is 5.56 Å². The monoisotopic (exact) mass is 335 g/mol. The Morgan fingerprint density at radius 2 is 1.64 bits per heavy atom. The smallest absolute Gasteiger partial charge is 0.178 e. The number of piperidine rings is 1. The van der Waals surface area contributed by atoms with Crippen molar-refractivity contribution in [3.05, 3.63) is 53.9 Å². The minimum Gasteiger partial charge on any atom is -0.355 e. The van der Waals surface area contributed by atoms with Crippen LogP contribution in [0, 0.1) is 0 Å². The highest BCUT2D eigenvalue weighted by Crippen LogP contribution is 2.30. The largest absolute Gasteiger partial charge is 0.355 e. The third kappa shape index (κ3) is 3.11. The number of fused-ring (bicyclic) bond motifs is 1. The van der Waals surface area contributed by atoms with Crippen molar-refractivity contribution in [3.8, 4) is 0 Å². The van der Waals surface area contributed by atoms with Gasteiger partial charge >= 0.3 is 0 Å². The molecule has 2 aromatic heterocycles. The first-order valence-electron chi connectivity index (χ1n) is 9.05. The Balaban J connectivity index is 1.55. The van der Waals surface area contributed by atoms with E-state index in [2.05, 4.69) is 72.3 Å². The highest BCUT2D eigenvalue weighted by Gasteiger charge is 2.24. The van der Waals surface area contributed by atoms with E-state index >= 15 is 0 Å². The van der Waals surface area contributed by atoms with Gasteiger partial charge in [-0.25, -0.2) is 0 Å². The zero-order valence-corrected chi connectivity index (χ0v) is 15.2. The van der Waals surface area contributed by atoms with Gasteiger partial charge < -0.3 is 4.90 Å². The van der Waals surface area contributed by atoms with Crippen LogP contribution in [0.1, 0.15) is 50.9 Å². The molecule has 1 aliphatic heterocycles. The van der Waals surface area contributed by atoms with E-state index in [1.807, 2.05) is 10.6 Å². The van der Waals surface area contributed by atoms with Crippen LogP contribution in [0.15, 0.2) is 42.5 Å². The summed E-state index contributed by atoms with van der Waals surface area (Å²) in [6.45, 7) is 8.49. The van der Waals surface area contributed by atoms with Crippen molar-refractivity contribution in [2.24, 2.45) is 0 Å². The molecule has 25 heavy (non-hydrogen) atoms. The molecule has 0 spiro atoms. The zero-order valence-electron chi connectivity index (χ0n) is 15.2. The molecule has 0 N–H and O–H groups in total. The van der Waals surface area contributed by atoms with Crippen molar-refractivity contribution in [2.75, 3.05) is 18.0 Å². The predicted molar refractivity (Wildman–Crippen MR) is 100 cm³/mol. The molecular weight excluding hydrogens is 310 g/mol. The van der Waals surface area contributed by atoms with E-state index in [1.54, 1.807) is 0 Å². The highest BCUT2D eigenvalue weighted by molar-refractivity contribution is 5.46. The molecule has 5 heteroatoms. The number of aromatic nitrogens is 4. The molecule has 0 aliphatic carbocycles. The maximum absolute atomic E-state index is 4.84. The third-order valence-corrected chi connectivity index (χ3v) is 5.01. The van der Waals surface area contributed by atoms with E-state index in [4.69, 9.17) is 5.10 Å². The van der Waals surface area contributed by atoms with Crippen LogP contribution in [-0.2, 0) is 5.41 Å². The van der Waals surface area contributed by atoms with Gasteiger partial charge in [-0.1, -0.05) is 51.1 Å². The van der Waals surface area contributed by atoms with Gasteiger partial charge in [-0.2, -0.15) is 4.52 Å². The molecule has 0 amide bonds. The van der Waals surface area contributed by atoms with Gasteiger partial charge in [0.1, 0.15) is 5.82 Å². The molecule has 5 nitrogen and oxygen atoms in total. The van der Waals surface area contributed by atoms with Crippen LogP contribution < -0.4 is 4.90 Å². The lowest BCUT2D eigenvalue weighted by Gasteiger charge is -2.33. The Labute approximate surface area is 148 Å². The molecule has 0 radical (unpaired) electrons. The fourth-order valence-corrected chi connectivity index (χ4v) is 3.58.